The number of pyridine rings is 1. The highest BCUT2D eigenvalue weighted by molar-refractivity contribution is 6.01. The summed E-state index contributed by atoms with van der Waals surface area (Å²) in [6.07, 6.45) is 3.48. The molecule has 0 aliphatic carbocycles. The first-order chi connectivity index (χ1) is 13.0. The lowest BCUT2D eigenvalue weighted by atomic mass is 9.91. The van der Waals surface area contributed by atoms with E-state index in [1.165, 1.54) is 0 Å². The molecule has 1 aromatic heterocycles. The van der Waals surface area contributed by atoms with Crippen molar-refractivity contribution >= 4 is 11.9 Å². The average Bonchev–Trinajstić information content (AvgIpc) is 2.96. The standard InChI is InChI=1S/C21H22N4O2/c1-13-6-7-16(14(2)9-13)19-18-17(24(3)21(27)23-19)12-25(20(18)26)11-15-5-4-8-22-10-15/h4-10,19H,11-12H2,1-3H3,(H,23,27). The van der Waals surface area contributed by atoms with Crippen LogP contribution < -0.4 is 5.32 Å². The summed E-state index contributed by atoms with van der Waals surface area (Å²) < 4.78 is 0. The van der Waals surface area contributed by atoms with Crippen LogP contribution in [0.3, 0.4) is 0 Å². The Hall–Kier alpha value is -3.15. The molecule has 0 radical (unpaired) electrons. The summed E-state index contributed by atoms with van der Waals surface area (Å²) in [7, 11) is 1.71. The fraction of sp³-hybridized carbons (Fsp3) is 0.286. The minimum absolute atomic E-state index is 0.0364. The highest BCUT2D eigenvalue weighted by Gasteiger charge is 2.43. The predicted molar refractivity (Wildman–Crippen MR) is 102 cm³/mol. The highest BCUT2D eigenvalue weighted by Crippen LogP contribution is 2.37. The number of likely N-dealkylation sites (N-methyl/N-ethyl adjacent to an activating group) is 1. The first-order valence-electron chi connectivity index (χ1n) is 8.98. The molecule has 2 aromatic rings. The van der Waals surface area contributed by atoms with Gasteiger partial charge in [0, 0.05) is 26.0 Å². The lowest BCUT2D eigenvalue weighted by Crippen LogP contribution is -2.45. The largest absolute Gasteiger partial charge is 0.329 e. The Morgan fingerprint density at radius 3 is 2.74 bits per heavy atom. The third-order valence-corrected chi connectivity index (χ3v) is 5.27. The van der Waals surface area contributed by atoms with E-state index in [4.69, 9.17) is 0 Å². The number of carbonyl (C=O) groups is 2. The van der Waals surface area contributed by atoms with Crippen molar-refractivity contribution in [2.75, 3.05) is 13.6 Å². The van der Waals surface area contributed by atoms with Gasteiger partial charge in [-0.2, -0.15) is 0 Å². The Morgan fingerprint density at radius 2 is 2.04 bits per heavy atom. The minimum atomic E-state index is -0.421. The number of rotatable bonds is 3. The zero-order valence-electron chi connectivity index (χ0n) is 15.7. The summed E-state index contributed by atoms with van der Waals surface area (Å²) >= 11 is 0. The van der Waals surface area contributed by atoms with Gasteiger partial charge in [-0.25, -0.2) is 4.79 Å². The van der Waals surface area contributed by atoms with Gasteiger partial charge in [0.25, 0.3) is 5.91 Å². The normalized spacial score (nSPS) is 19.4. The van der Waals surface area contributed by atoms with Crippen molar-refractivity contribution in [3.05, 3.63) is 76.2 Å². The number of aromatic nitrogens is 1. The summed E-state index contributed by atoms with van der Waals surface area (Å²) in [5, 5.41) is 3.00. The fourth-order valence-corrected chi connectivity index (χ4v) is 3.85. The van der Waals surface area contributed by atoms with Crippen molar-refractivity contribution < 1.29 is 9.59 Å². The highest BCUT2D eigenvalue weighted by atomic mass is 16.2. The van der Waals surface area contributed by atoms with Crippen molar-refractivity contribution in [1.82, 2.24) is 20.1 Å². The summed E-state index contributed by atoms with van der Waals surface area (Å²) in [5.41, 5.74) is 5.59. The van der Waals surface area contributed by atoms with Crippen molar-refractivity contribution in [2.24, 2.45) is 0 Å². The van der Waals surface area contributed by atoms with Crippen LogP contribution in [0.1, 0.15) is 28.3 Å². The Morgan fingerprint density at radius 1 is 1.22 bits per heavy atom. The number of amides is 3. The number of nitrogens with one attached hydrogen (secondary N) is 1. The van der Waals surface area contributed by atoms with E-state index in [2.05, 4.69) is 16.4 Å². The number of urea groups is 1. The minimum Gasteiger partial charge on any atom is -0.329 e. The van der Waals surface area contributed by atoms with E-state index in [0.717, 1.165) is 28.0 Å². The van der Waals surface area contributed by atoms with Gasteiger partial charge in [0.05, 0.1) is 23.9 Å². The molecule has 138 valence electrons. The molecule has 6 heteroatoms. The van der Waals surface area contributed by atoms with Crippen molar-refractivity contribution in [3.8, 4) is 0 Å². The van der Waals surface area contributed by atoms with Gasteiger partial charge in [-0.15, -0.1) is 0 Å². The van der Waals surface area contributed by atoms with E-state index >= 15 is 0 Å². The molecule has 27 heavy (non-hydrogen) atoms. The second-order valence-corrected chi connectivity index (χ2v) is 7.18. The second kappa shape index (κ2) is 6.54. The van der Waals surface area contributed by atoms with Crippen LogP contribution >= 0.6 is 0 Å². The summed E-state index contributed by atoms with van der Waals surface area (Å²) in [4.78, 5) is 33.2. The van der Waals surface area contributed by atoms with Crippen LogP contribution in [0.25, 0.3) is 0 Å². The zero-order chi connectivity index (χ0) is 19.1. The zero-order valence-corrected chi connectivity index (χ0v) is 15.7. The maximum Gasteiger partial charge on any atom is 0.322 e. The quantitative estimate of drug-likeness (QED) is 0.913. The molecule has 0 spiro atoms. The van der Waals surface area contributed by atoms with Crippen LogP contribution in [0.5, 0.6) is 0 Å². The van der Waals surface area contributed by atoms with Gasteiger partial charge in [-0.3, -0.25) is 14.7 Å². The molecule has 1 aromatic carbocycles. The molecule has 0 fully saturated rings. The molecule has 1 atom stereocenters. The van der Waals surface area contributed by atoms with E-state index < -0.39 is 6.04 Å². The molecule has 3 amide bonds. The summed E-state index contributed by atoms with van der Waals surface area (Å²) in [6, 6.07) is 9.30. The molecule has 3 heterocycles. The van der Waals surface area contributed by atoms with Crippen molar-refractivity contribution in [3.63, 3.8) is 0 Å². The van der Waals surface area contributed by atoms with Gasteiger partial charge in [-0.1, -0.05) is 29.8 Å². The molecule has 1 N–H and O–H groups in total. The maximum atomic E-state index is 13.2. The second-order valence-electron chi connectivity index (χ2n) is 7.18. The van der Waals surface area contributed by atoms with Gasteiger partial charge in [-0.05, 0) is 36.6 Å². The molecule has 2 aliphatic heterocycles. The third kappa shape index (κ3) is 2.97. The topological polar surface area (TPSA) is 65.5 Å². The van der Waals surface area contributed by atoms with Crippen molar-refractivity contribution in [1.29, 1.82) is 0 Å². The molecular weight excluding hydrogens is 340 g/mol. The van der Waals surface area contributed by atoms with Crippen LogP contribution in [0, 0.1) is 13.8 Å². The molecule has 2 aliphatic rings. The number of benzene rings is 1. The molecule has 0 saturated carbocycles. The third-order valence-electron chi connectivity index (χ3n) is 5.27. The van der Waals surface area contributed by atoms with Crippen molar-refractivity contribution in [2.45, 2.75) is 26.4 Å². The van der Waals surface area contributed by atoms with Gasteiger partial charge < -0.3 is 10.2 Å². The Kier molecular flexibility index (Phi) is 4.18. The number of nitrogens with zero attached hydrogens (tertiary/aromatic N) is 3. The molecule has 1 unspecified atom stereocenters. The number of hydrogen-bond acceptors (Lipinski definition) is 3. The van der Waals surface area contributed by atoms with Gasteiger partial charge >= 0.3 is 6.03 Å². The first kappa shape index (κ1) is 17.3. The number of hydrogen-bond donors (Lipinski definition) is 1. The molecule has 6 nitrogen and oxygen atoms in total. The number of aryl methyl sites for hydroxylation is 2. The van der Waals surface area contributed by atoms with Gasteiger partial charge in [0.1, 0.15) is 0 Å². The number of carbonyl (C=O) groups excluding carboxylic acids is 2. The summed E-state index contributed by atoms with van der Waals surface area (Å²) in [6.45, 7) is 4.95. The summed E-state index contributed by atoms with van der Waals surface area (Å²) in [5.74, 6) is -0.0364. The fourth-order valence-electron chi connectivity index (χ4n) is 3.85. The maximum absolute atomic E-state index is 13.2. The van der Waals surface area contributed by atoms with E-state index in [-0.39, 0.29) is 11.9 Å². The molecule has 0 bridgehead atoms. The lowest BCUT2D eigenvalue weighted by Gasteiger charge is -2.31. The lowest BCUT2D eigenvalue weighted by molar-refractivity contribution is -0.126. The average molecular weight is 362 g/mol. The van der Waals surface area contributed by atoms with E-state index in [9.17, 15) is 9.59 Å². The van der Waals surface area contributed by atoms with E-state index in [0.29, 0.717) is 18.7 Å². The molecule has 4 rings (SSSR count). The van der Waals surface area contributed by atoms with Crippen LogP contribution in [-0.2, 0) is 11.3 Å². The van der Waals surface area contributed by atoms with Gasteiger partial charge in [0.2, 0.25) is 0 Å². The predicted octanol–water partition coefficient (Wildman–Crippen LogP) is 2.69. The van der Waals surface area contributed by atoms with Crippen LogP contribution in [-0.4, -0.2) is 40.3 Å². The Labute approximate surface area is 158 Å². The monoisotopic (exact) mass is 362 g/mol. The van der Waals surface area contributed by atoms with Gasteiger partial charge in [0.15, 0.2) is 0 Å². The first-order valence-corrected chi connectivity index (χ1v) is 8.98. The van der Waals surface area contributed by atoms with E-state index in [1.54, 1.807) is 29.2 Å². The smallest absolute Gasteiger partial charge is 0.322 e. The van der Waals surface area contributed by atoms with E-state index in [1.807, 2.05) is 38.1 Å². The van der Waals surface area contributed by atoms with Crippen LogP contribution in [0.4, 0.5) is 4.79 Å². The SMILES string of the molecule is Cc1ccc(C2NC(=O)N(C)C3=C2C(=O)N(Cc2cccnc2)C3)c(C)c1. The van der Waals surface area contributed by atoms with Crippen LogP contribution in [0.15, 0.2) is 54.0 Å². The molecule has 0 saturated heterocycles. The Balaban J connectivity index is 1.71. The van der Waals surface area contributed by atoms with Crippen LogP contribution in [0.2, 0.25) is 0 Å². The Bertz CT molecular complexity index is 952. The molecular formula is C21H22N4O2.